The molecule has 0 aliphatic carbocycles. The number of sulfonamides is 1. The minimum Gasteiger partial charge on any atom is -0.398 e. The molecule has 1 aromatic carbocycles. The summed E-state index contributed by atoms with van der Waals surface area (Å²) in [6.07, 6.45) is 0.694. The van der Waals surface area contributed by atoms with Gasteiger partial charge >= 0.3 is 0 Å². The Morgan fingerprint density at radius 1 is 1.42 bits per heavy atom. The van der Waals surface area contributed by atoms with Gasteiger partial charge in [0.05, 0.1) is 10.2 Å². The molecule has 0 unspecified atom stereocenters. The van der Waals surface area contributed by atoms with E-state index in [4.69, 9.17) is 5.73 Å². The van der Waals surface area contributed by atoms with Crippen molar-refractivity contribution in [1.82, 2.24) is 4.31 Å². The third-order valence-electron chi connectivity index (χ3n) is 2.66. The van der Waals surface area contributed by atoms with Crippen molar-refractivity contribution in [2.75, 3.05) is 12.3 Å². The van der Waals surface area contributed by atoms with Gasteiger partial charge in [0.25, 0.3) is 0 Å². The fraction of sp³-hybridized carbons (Fsp3) is 0.500. The van der Waals surface area contributed by atoms with Crippen molar-refractivity contribution in [2.45, 2.75) is 38.1 Å². The molecule has 108 valence electrons. The molecule has 0 bridgehead atoms. The van der Waals surface area contributed by atoms with Crippen LogP contribution in [-0.2, 0) is 10.0 Å². The summed E-state index contributed by atoms with van der Waals surface area (Å²) in [5, 5.41) is 0. The number of benzene rings is 1. The van der Waals surface area contributed by atoms with E-state index >= 15 is 0 Å². The van der Waals surface area contributed by atoms with E-state index < -0.39 is 15.8 Å². The lowest BCUT2D eigenvalue weighted by atomic mass is 10.3. The Labute approximate surface area is 122 Å². The maximum absolute atomic E-state index is 13.3. The molecule has 19 heavy (non-hydrogen) atoms. The molecule has 2 N–H and O–H groups in total. The van der Waals surface area contributed by atoms with Crippen LogP contribution in [0.15, 0.2) is 21.5 Å². The van der Waals surface area contributed by atoms with Crippen LogP contribution in [0.2, 0.25) is 0 Å². The molecule has 0 atom stereocenters. The van der Waals surface area contributed by atoms with Crippen LogP contribution >= 0.6 is 15.9 Å². The van der Waals surface area contributed by atoms with Gasteiger partial charge in [-0.1, -0.05) is 6.92 Å². The van der Waals surface area contributed by atoms with Crippen LogP contribution in [0.1, 0.15) is 27.2 Å². The molecule has 0 saturated carbocycles. The van der Waals surface area contributed by atoms with E-state index in [9.17, 15) is 12.8 Å². The number of hydrogen-bond acceptors (Lipinski definition) is 3. The van der Waals surface area contributed by atoms with Crippen LogP contribution in [0.4, 0.5) is 10.1 Å². The van der Waals surface area contributed by atoms with Crippen LogP contribution < -0.4 is 5.73 Å². The molecule has 0 spiro atoms. The van der Waals surface area contributed by atoms with E-state index in [0.29, 0.717) is 13.0 Å². The number of anilines is 1. The molecular formula is C12H18BrFN2O2S. The lowest BCUT2D eigenvalue weighted by Gasteiger charge is -2.26. The highest BCUT2D eigenvalue weighted by Crippen LogP contribution is 2.29. The molecule has 0 aliphatic rings. The zero-order valence-electron chi connectivity index (χ0n) is 11.2. The molecule has 0 heterocycles. The zero-order valence-corrected chi connectivity index (χ0v) is 13.6. The van der Waals surface area contributed by atoms with Crippen molar-refractivity contribution in [3.8, 4) is 0 Å². The monoisotopic (exact) mass is 352 g/mol. The summed E-state index contributed by atoms with van der Waals surface area (Å²) in [5.74, 6) is -0.581. The van der Waals surface area contributed by atoms with Gasteiger partial charge in [-0.25, -0.2) is 12.8 Å². The Kier molecular flexibility index (Phi) is 5.34. The first-order valence-corrected chi connectivity index (χ1v) is 8.21. The molecule has 0 radical (unpaired) electrons. The van der Waals surface area contributed by atoms with E-state index in [-0.39, 0.29) is 21.1 Å². The number of nitrogens with two attached hydrogens (primary N) is 1. The highest BCUT2D eigenvalue weighted by Gasteiger charge is 2.28. The van der Waals surface area contributed by atoms with Crippen molar-refractivity contribution < 1.29 is 12.8 Å². The molecule has 4 nitrogen and oxygen atoms in total. The summed E-state index contributed by atoms with van der Waals surface area (Å²) in [6, 6.07) is 2.04. The predicted molar refractivity (Wildman–Crippen MR) is 77.8 cm³/mol. The molecular weight excluding hydrogens is 335 g/mol. The standard InChI is InChI=1S/C12H18BrFN2O2S/c1-4-5-16(8(2)3)19(17,18)12-6-9(13)10(14)7-11(12)15/h6-8H,4-5,15H2,1-3H3. The third-order valence-corrected chi connectivity index (χ3v) is 5.40. The number of nitrogens with zero attached hydrogens (tertiary/aromatic N) is 1. The number of hydrogen-bond donors (Lipinski definition) is 1. The smallest absolute Gasteiger partial charge is 0.245 e. The van der Waals surface area contributed by atoms with Gasteiger partial charge in [0.1, 0.15) is 10.7 Å². The van der Waals surface area contributed by atoms with Gasteiger partial charge in [-0.2, -0.15) is 4.31 Å². The number of nitrogen functional groups attached to an aromatic ring is 1. The van der Waals surface area contributed by atoms with Crippen molar-refractivity contribution in [3.63, 3.8) is 0 Å². The normalized spacial score (nSPS) is 12.4. The van der Waals surface area contributed by atoms with Gasteiger partial charge in [-0.15, -0.1) is 0 Å². The molecule has 1 rings (SSSR count). The minimum absolute atomic E-state index is 0.0667. The highest BCUT2D eigenvalue weighted by atomic mass is 79.9. The van der Waals surface area contributed by atoms with E-state index in [2.05, 4.69) is 15.9 Å². The zero-order chi connectivity index (χ0) is 14.8. The maximum atomic E-state index is 13.3. The fourth-order valence-electron chi connectivity index (χ4n) is 1.77. The summed E-state index contributed by atoms with van der Waals surface area (Å²) >= 11 is 2.98. The van der Waals surface area contributed by atoms with Gasteiger partial charge in [-0.05, 0) is 48.3 Å². The molecule has 1 aromatic rings. The summed E-state index contributed by atoms with van der Waals surface area (Å²) in [5.41, 5.74) is 5.56. The third kappa shape index (κ3) is 3.46. The van der Waals surface area contributed by atoms with Crippen LogP contribution in [0.5, 0.6) is 0 Å². The number of halogens is 2. The fourth-order valence-corrected chi connectivity index (χ4v) is 4.12. The van der Waals surface area contributed by atoms with Gasteiger partial charge in [0.15, 0.2) is 0 Å². The Balaban J connectivity index is 3.37. The van der Waals surface area contributed by atoms with Gasteiger partial charge in [0, 0.05) is 12.6 Å². The maximum Gasteiger partial charge on any atom is 0.245 e. The first-order valence-electron chi connectivity index (χ1n) is 5.98. The Hall–Kier alpha value is -0.660. The summed E-state index contributed by atoms with van der Waals surface area (Å²) in [7, 11) is -3.72. The number of rotatable bonds is 5. The van der Waals surface area contributed by atoms with Crippen LogP contribution in [0.25, 0.3) is 0 Å². The van der Waals surface area contributed by atoms with Gasteiger partial charge < -0.3 is 5.73 Å². The quantitative estimate of drug-likeness (QED) is 0.828. The van der Waals surface area contributed by atoms with Gasteiger partial charge in [-0.3, -0.25) is 0 Å². The average Bonchev–Trinajstić information content (AvgIpc) is 2.29. The highest BCUT2D eigenvalue weighted by molar-refractivity contribution is 9.10. The Morgan fingerprint density at radius 2 is 2.00 bits per heavy atom. The first kappa shape index (κ1) is 16.4. The first-order chi connectivity index (χ1) is 8.71. The molecule has 0 aliphatic heterocycles. The van der Waals surface area contributed by atoms with Crippen LogP contribution in [0, 0.1) is 5.82 Å². The second-order valence-electron chi connectivity index (χ2n) is 4.51. The van der Waals surface area contributed by atoms with E-state index in [1.54, 1.807) is 13.8 Å². The average molecular weight is 353 g/mol. The van der Waals surface area contributed by atoms with Crippen molar-refractivity contribution in [2.24, 2.45) is 0 Å². The summed E-state index contributed by atoms with van der Waals surface area (Å²) in [6.45, 7) is 5.88. The molecule has 0 fully saturated rings. The van der Waals surface area contributed by atoms with E-state index in [1.165, 1.54) is 10.4 Å². The second-order valence-corrected chi connectivity index (χ2v) is 7.23. The molecule has 0 amide bonds. The van der Waals surface area contributed by atoms with Crippen LogP contribution in [-0.4, -0.2) is 25.3 Å². The lowest BCUT2D eigenvalue weighted by molar-refractivity contribution is 0.354. The second kappa shape index (κ2) is 6.19. The minimum atomic E-state index is -3.72. The summed E-state index contributed by atoms with van der Waals surface area (Å²) < 4.78 is 39.9. The predicted octanol–water partition coefficient (Wildman–Crippen LogP) is 2.98. The summed E-state index contributed by atoms with van der Waals surface area (Å²) in [4.78, 5) is -0.0667. The topological polar surface area (TPSA) is 63.4 Å². The lowest BCUT2D eigenvalue weighted by Crippen LogP contribution is -2.37. The molecule has 0 aromatic heterocycles. The molecule has 7 heteroatoms. The van der Waals surface area contributed by atoms with Crippen molar-refractivity contribution >= 4 is 31.6 Å². The SMILES string of the molecule is CCCN(C(C)C)S(=O)(=O)c1cc(Br)c(F)cc1N. The van der Waals surface area contributed by atoms with Crippen molar-refractivity contribution in [3.05, 3.63) is 22.4 Å². The molecule has 0 saturated heterocycles. The largest absolute Gasteiger partial charge is 0.398 e. The van der Waals surface area contributed by atoms with Crippen LogP contribution in [0.3, 0.4) is 0 Å². The van der Waals surface area contributed by atoms with Crippen molar-refractivity contribution in [1.29, 1.82) is 0 Å². The van der Waals surface area contributed by atoms with E-state index in [0.717, 1.165) is 6.07 Å². The Bertz CT molecular complexity index is 561. The van der Waals surface area contributed by atoms with E-state index in [1.807, 2.05) is 6.92 Å². The Morgan fingerprint density at radius 3 is 2.47 bits per heavy atom. The van der Waals surface area contributed by atoms with Gasteiger partial charge in [0.2, 0.25) is 10.0 Å².